The summed E-state index contributed by atoms with van der Waals surface area (Å²) < 4.78 is 48.9. The first kappa shape index (κ1) is 21.4. The predicted molar refractivity (Wildman–Crippen MR) is 101 cm³/mol. The maximum Gasteiger partial charge on any atom is 0.425 e. The highest BCUT2D eigenvalue weighted by Gasteiger charge is 2.58. The molecular weight excluding hydrogens is 403 g/mol. The number of ether oxygens (including phenoxy) is 1. The van der Waals surface area contributed by atoms with Gasteiger partial charge in [0.2, 0.25) is 11.5 Å². The van der Waals surface area contributed by atoms with E-state index in [1.165, 1.54) is 25.4 Å². The number of aliphatic hydroxyl groups is 1. The molecule has 0 fully saturated rings. The molecule has 1 aromatic carbocycles. The summed E-state index contributed by atoms with van der Waals surface area (Å²) in [6.45, 7) is 0.817. The van der Waals surface area contributed by atoms with Gasteiger partial charge in [-0.1, -0.05) is 6.07 Å². The van der Waals surface area contributed by atoms with Crippen LogP contribution in [0.15, 0.2) is 55.1 Å². The Morgan fingerprint density at radius 3 is 2.67 bits per heavy atom. The topological polar surface area (TPSA) is 94.2 Å². The van der Waals surface area contributed by atoms with Crippen LogP contribution < -0.4 is 10.1 Å². The fraction of sp³-hybridized carbons (Fsp3) is 0.316. The summed E-state index contributed by atoms with van der Waals surface area (Å²) in [4.78, 5) is 15.9. The van der Waals surface area contributed by atoms with E-state index in [4.69, 9.17) is 4.74 Å². The maximum absolute atomic E-state index is 13.6. The number of aromatic nitrogens is 4. The molecule has 0 saturated heterocycles. The van der Waals surface area contributed by atoms with Gasteiger partial charge in [-0.2, -0.15) is 18.3 Å². The lowest BCUT2D eigenvalue weighted by molar-refractivity contribution is -0.270. The van der Waals surface area contributed by atoms with E-state index in [0.717, 1.165) is 10.8 Å². The SMILES string of the molecule is Cn1ccnc1C(O)(CC(=O)Nc1cccc(OCCn2cccn2)c1)C(F)(F)F. The second kappa shape index (κ2) is 8.57. The number of amides is 1. The lowest BCUT2D eigenvalue weighted by atomic mass is 9.97. The monoisotopic (exact) mass is 423 g/mol. The molecule has 3 aromatic rings. The first-order valence-electron chi connectivity index (χ1n) is 8.96. The van der Waals surface area contributed by atoms with Crippen molar-refractivity contribution in [3.05, 3.63) is 60.9 Å². The Labute approximate surface area is 169 Å². The number of hydrogen-bond donors (Lipinski definition) is 2. The summed E-state index contributed by atoms with van der Waals surface area (Å²) in [5, 5.41) is 16.7. The Kier molecular flexibility index (Phi) is 6.11. The number of nitrogens with zero attached hydrogens (tertiary/aromatic N) is 4. The van der Waals surface area contributed by atoms with E-state index in [0.29, 0.717) is 18.9 Å². The highest BCUT2D eigenvalue weighted by Crippen LogP contribution is 2.40. The zero-order valence-corrected chi connectivity index (χ0v) is 16.0. The molecule has 0 aliphatic carbocycles. The highest BCUT2D eigenvalue weighted by atomic mass is 19.4. The molecule has 3 rings (SSSR count). The number of alkyl halides is 3. The van der Waals surface area contributed by atoms with Gasteiger partial charge in [0.1, 0.15) is 12.4 Å². The molecule has 30 heavy (non-hydrogen) atoms. The van der Waals surface area contributed by atoms with Gasteiger partial charge in [-0.15, -0.1) is 0 Å². The minimum atomic E-state index is -5.10. The van der Waals surface area contributed by atoms with Crippen molar-refractivity contribution in [2.45, 2.75) is 24.7 Å². The van der Waals surface area contributed by atoms with Crippen molar-refractivity contribution >= 4 is 11.6 Å². The average Bonchev–Trinajstić information content (AvgIpc) is 3.32. The third kappa shape index (κ3) is 4.79. The van der Waals surface area contributed by atoms with Crippen LogP contribution in [0.5, 0.6) is 5.75 Å². The number of benzene rings is 1. The predicted octanol–water partition coefficient (Wildman–Crippen LogP) is 2.47. The third-order valence-corrected chi connectivity index (χ3v) is 4.34. The number of anilines is 1. The minimum absolute atomic E-state index is 0.237. The van der Waals surface area contributed by atoms with Crippen LogP contribution in [0.2, 0.25) is 0 Å². The van der Waals surface area contributed by atoms with Crippen LogP contribution in [0.1, 0.15) is 12.2 Å². The van der Waals surface area contributed by atoms with Crippen molar-refractivity contribution in [2.75, 3.05) is 11.9 Å². The fourth-order valence-electron chi connectivity index (χ4n) is 2.86. The van der Waals surface area contributed by atoms with E-state index in [9.17, 15) is 23.1 Å². The molecule has 8 nitrogen and oxygen atoms in total. The van der Waals surface area contributed by atoms with Crippen molar-refractivity contribution in [3.63, 3.8) is 0 Å². The number of hydrogen-bond acceptors (Lipinski definition) is 5. The molecule has 1 atom stereocenters. The van der Waals surface area contributed by atoms with Crippen molar-refractivity contribution in [2.24, 2.45) is 7.05 Å². The van der Waals surface area contributed by atoms with Gasteiger partial charge in [0.15, 0.2) is 5.82 Å². The Bertz CT molecular complexity index is 987. The zero-order chi connectivity index (χ0) is 21.8. The summed E-state index contributed by atoms with van der Waals surface area (Å²) in [5.41, 5.74) is -3.19. The maximum atomic E-state index is 13.6. The Hall–Kier alpha value is -3.34. The number of halogens is 3. The number of aryl methyl sites for hydroxylation is 1. The molecular formula is C19H20F3N5O3. The van der Waals surface area contributed by atoms with E-state index in [1.807, 2.05) is 0 Å². The average molecular weight is 423 g/mol. The highest BCUT2D eigenvalue weighted by molar-refractivity contribution is 5.91. The van der Waals surface area contributed by atoms with Crippen LogP contribution in [0.3, 0.4) is 0 Å². The molecule has 2 N–H and O–H groups in total. The van der Waals surface area contributed by atoms with Crippen LogP contribution in [-0.2, 0) is 24.0 Å². The summed E-state index contributed by atoms with van der Waals surface area (Å²) in [7, 11) is 1.31. The first-order chi connectivity index (χ1) is 14.2. The molecule has 0 saturated carbocycles. The van der Waals surface area contributed by atoms with E-state index < -0.39 is 29.9 Å². The van der Waals surface area contributed by atoms with Gasteiger partial charge < -0.3 is 19.7 Å². The second-order valence-electron chi connectivity index (χ2n) is 6.59. The summed E-state index contributed by atoms with van der Waals surface area (Å²) in [6, 6.07) is 8.01. The van der Waals surface area contributed by atoms with Crippen molar-refractivity contribution in [1.82, 2.24) is 19.3 Å². The number of nitrogens with one attached hydrogen (secondary N) is 1. The summed E-state index contributed by atoms with van der Waals surface area (Å²) >= 11 is 0. The molecule has 2 aromatic heterocycles. The molecule has 0 aliphatic heterocycles. The first-order valence-corrected chi connectivity index (χ1v) is 8.96. The summed E-state index contributed by atoms with van der Waals surface area (Å²) in [6.07, 6.45) is -0.540. The molecule has 0 bridgehead atoms. The molecule has 0 aliphatic rings. The van der Waals surface area contributed by atoms with E-state index in [-0.39, 0.29) is 5.69 Å². The molecule has 11 heteroatoms. The van der Waals surface area contributed by atoms with Crippen LogP contribution in [0.25, 0.3) is 0 Å². The van der Waals surface area contributed by atoms with Crippen LogP contribution in [0.4, 0.5) is 18.9 Å². The molecule has 1 amide bonds. The van der Waals surface area contributed by atoms with Gasteiger partial charge in [0.25, 0.3) is 0 Å². The van der Waals surface area contributed by atoms with Gasteiger partial charge in [-0.3, -0.25) is 9.48 Å². The van der Waals surface area contributed by atoms with Crippen molar-refractivity contribution < 1.29 is 27.8 Å². The van der Waals surface area contributed by atoms with E-state index in [2.05, 4.69) is 15.4 Å². The molecule has 0 spiro atoms. The smallest absolute Gasteiger partial charge is 0.425 e. The van der Waals surface area contributed by atoms with Gasteiger partial charge in [0, 0.05) is 43.6 Å². The lowest BCUT2D eigenvalue weighted by Gasteiger charge is -2.29. The number of imidazole rings is 1. The van der Waals surface area contributed by atoms with Gasteiger partial charge in [-0.25, -0.2) is 4.98 Å². The van der Waals surface area contributed by atoms with Crippen LogP contribution >= 0.6 is 0 Å². The fourth-order valence-corrected chi connectivity index (χ4v) is 2.86. The zero-order valence-electron chi connectivity index (χ0n) is 16.0. The summed E-state index contributed by atoms with van der Waals surface area (Å²) in [5.74, 6) is -1.26. The molecule has 0 radical (unpaired) electrons. The van der Waals surface area contributed by atoms with Crippen molar-refractivity contribution in [1.29, 1.82) is 0 Å². The van der Waals surface area contributed by atoms with Crippen LogP contribution in [0, 0.1) is 0 Å². The molecule has 2 heterocycles. The number of carbonyl (C=O) groups is 1. The standard InChI is InChI=1S/C19H20F3N5O3/c1-26-9-7-23-17(26)18(29,19(20,21)22)13-16(28)25-14-4-2-5-15(12-14)30-11-10-27-8-3-6-24-27/h2-9,12,29H,10-11,13H2,1H3,(H,25,28). The van der Waals surface area contributed by atoms with Gasteiger partial charge in [0.05, 0.1) is 13.0 Å². The largest absolute Gasteiger partial charge is 0.492 e. The lowest BCUT2D eigenvalue weighted by Crippen LogP contribution is -2.46. The quantitative estimate of drug-likeness (QED) is 0.581. The molecule has 1 unspecified atom stereocenters. The number of carbonyl (C=O) groups excluding carboxylic acids is 1. The second-order valence-corrected chi connectivity index (χ2v) is 6.59. The van der Waals surface area contributed by atoms with Gasteiger partial charge in [-0.05, 0) is 18.2 Å². The normalized spacial score (nSPS) is 13.6. The van der Waals surface area contributed by atoms with E-state index >= 15 is 0 Å². The molecule has 160 valence electrons. The van der Waals surface area contributed by atoms with Gasteiger partial charge >= 0.3 is 6.18 Å². The van der Waals surface area contributed by atoms with Crippen molar-refractivity contribution in [3.8, 4) is 5.75 Å². The Morgan fingerprint density at radius 2 is 2.03 bits per heavy atom. The van der Waals surface area contributed by atoms with Crippen LogP contribution in [-0.4, -0.2) is 43.1 Å². The Morgan fingerprint density at radius 1 is 1.23 bits per heavy atom. The Balaban J connectivity index is 1.65. The third-order valence-electron chi connectivity index (χ3n) is 4.34. The van der Waals surface area contributed by atoms with E-state index in [1.54, 1.807) is 35.3 Å². The number of rotatable bonds is 8. The minimum Gasteiger partial charge on any atom is -0.492 e.